The number of hydrogen-bond acceptors (Lipinski definition) is 2. The predicted molar refractivity (Wildman–Crippen MR) is 83.0 cm³/mol. The minimum atomic E-state index is -0.0464. The second-order valence-electron chi connectivity index (χ2n) is 5.49. The Morgan fingerprint density at radius 3 is 2.60 bits per heavy atom. The molecule has 3 heteroatoms. The molecule has 0 heterocycles. The van der Waals surface area contributed by atoms with E-state index in [0.29, 0.717) is 12.5 Å². The van der Waals surface area contributed by atoms with Crippen LogP contribution < -0.4 is 11.1 Å². The number of amides is 1. The van der Waals surface area contributed by atoms with Crippen LogP contribution in [0.3, 0.4) is 0 Å². The third kappa shape index (κ3) is 4.49. The summed E-state index contributed by atoms with van der Waals surface area (Å²) in [5.74, 6) is 0.498. The minimum absolute atomic E-state index is 0.0464. The van der Waals surface area contributed by atoms with E-state index in [1.807, 2.05) is 36.4 Å². The second kappa shape index (κ2) is 7.85. The van der Waals surface area contributed by atoms with E-state index >= 15 is 0 Å². The molecule has 0 saturated heterocycles. The SMILES string of the molecule is NCC(NC(=O)/C=C/c1ccccc1)C1CCCCC1. The third-order valence-corrected chi connectivity index (χ3v) is 4.03. The number of carbonyl (C=O) groups excluding carboxylic acids is 1. The summed E-state index contributed by atoms with van der Waals surface area (Å²) in [6, 6.07) is 9.95. The average molecular weight is 272 g/mol. The van der Waals surface area contributed by atoms with Crippen molar-refractivity contribution in [3.8, 4) is 0 Å². The molecule has 1 atom stereocenters. The summed E-state index contributed by atoms with van der Waals surface area (Å²) >= 11 is 0. The molecule has 1 saturated carbocycles. The Morgan fingerprint density at radius 2 is 1.95 bits per heavy atom. The smallest absolute Gasteiger partial charge is 0.244 e. The van der Waals surface area contributed by atoms with E-state index in [4.69, 9.17) is 5.73 Å². The highest BCUT2D eigenvalue weighted by molar-refractivity contribution is 5.91. The van der Waals surface area contributed by atoms with Crippen LogP contribution in [0.1, 0.15) is 37.7 Å². The lowest BCUT2D eigenvalue weighted by molar-refractivity contribution is -0.117. The van der Waals surface area contributed by atoms with Gasteiger partial charge in [0.05, 0.1) is 0 Å². The lowest BCUT2D eigenvalue weighted by atomic mass is 9.84. The Hall–Kier alpha value is -1.61. The fourth-order valence-corrected chi connectivity index (χ4v) is 2.87. The molecule has 0 bridgehead atoms. The number of nitrogens with two attached hydrogens (primary N) is 1. The third-order valence-electron chi connectivity index (χ3n) is 4.03. The maximum Gasteiger partial charge on any atom is 0.244 e. The van der Waals surface area contributed by atoms with Crippen LogP contribution in [0.2, 0.25) is 0 Å². The predicted octanol–water partition coefficient (Wildman–Crippen LogP) is 2.72. The minimum Gasteiger partial charge on any atom is -0.348 e. The first-order chi connectivity index (χ1) is 9.79. The molecule has 1 aromatic rings. The number of benzene rings is 1. The monoisotopic (exact) mass is 272 g/mol. The van der Waals surface area contributed by atoms with E-state index < -0.39 is 0 Å². The zero-order valence-electron chi connectivity index (χ0n) is 11.9. The van der Waals surface area contributed by atoms with Crippen molar-refractivity contribution in [2.24, 2.45) is 11.7 Å². The Bertz CT molecular complexity index is 436. The van der Waals surface area contributed by atoms with Gasteiger partial charge < -0.3 is 11.1 Å². The molecule has 20 heavy (non-hydrogen) atoms. The summed E-state index contributed by atoms with van der Waals surface area (Å²) in [5.41, 5.74) is 6.85. The quantitative estimate of drug-likeness (QED) is 0.810. The molecule has 1 aliphatic carbocycles. The van der Waals surface area contributed by atoms with E-state index in [-0.39, 0.29) is 11.9 Å². The van der Waals surface area contributed by atoms with Gasteiger partial charge in [-0.3, -0.25) is 4.79 Å². The molecule has 1 fully saturated rings. The molecule has 1 unspecified atom stereocenters. The summed E-state index contributed by atoms with van der Waals surface area (Å²) in [6.07, 6.45) is 9.64. The van der Waals surface area contributed by atoms with Crippen LogP contribution in [0.25, 0.3) is 6.08 Å². The van der Waals surface area contributed by atoms with Gasteiger partial charge in [-0.05, 0) is 30.4 Å². The molecular formula is C17H24N2O. The summed E-state index contributed by atoms with van der Waals surface area (Å²) in [5, 5.41) is 3.06. The van der Waals surface area contributed by atoms with Gasteiger partial charge in [0.25, 0.3) is 0 Å². The maximum absolute atomic E-state index is 12.0. The van der Waals surface area contributed by atoms with Gasteiger partial charge in [-0.1, -0.05) is 49.6 Å². The van der Waals surface area contributed by atoms with Gasteiger partial charge in [-0.2, -0.15) is 0 Å². The Morgan fingerprint density at radius 1 is 1.25 bits per heavy atom. The molecule has 2 rings (SSSR count). The normalized spacial score (nSPS) is 18.1. The first-order valence-corrected chi connectivity index (χ1v) is 7.53. The zero-order valence-corrected chi connectivity index (χ0v) is 11.9. The Balaban J connectivity index is 1.87. The van der Waals surface area contributed by atoms with Gasteiger partial charge in [0.15, 0.2) is 0 Å². The lowest BCUT2D eigenvalue weighted by Crippen LogP contribution is -2.45. The maximum atomic E-state index is 12.0. The van der Waals surface area contributed by atoms with Crippen molar-refractivity contribution in [3.63, 3.8) is 0 Å². The first kappa shape index (κ1) is 14.8. The highest BCUT2D eigenvalue weighted by Crippen LogP contribution is 2.26. The van der Waals surface area contributed by atoms with Crippen molar-refractivity contribution < 1.29 is 4.79 Å². The van der Waals surface area contributed by atoms with Crippen molar-refractivity contribution in [1.82, 2.24) is 5.32 Å². The number of nitrogens with one attached hydrogen (secondary N) is 1. The Labute approximate surface area is 121 Å². The molecule has 1 aliphatic rings. The topological polar surface area (TPSA) is 55.1 Å². The van der Waals surface area contributed by atoms with Crippen LogP contribution in [0.5, 0.6) is 0 Å². The highest BCUT2D eigenvalue weighted by Gasteiger charge is 2.23. The van der Waals surface area contributed by atoms with Gasteiger partial charge in [0.1, 0.15) is 0 Å². The van der Waals surface area contributed by atoms with Crippen LogP contribution in [0.15, 0.2) is 36.4 Å². The van der Waals surface area contributed by atoms with Crippen LogP contribution in [0.4, 0.5) is 0 Å². The number of carbonyl (C=O) groups is 1. The standard InChI is InChI=1S/C17H24N2O/c18-13-16(15-9-5-2-6-10-15)19-17(20)12-11-14-7-3-1-4-8-14/h1,3-4,7-8,11-12,15-16H,2,5-6,9-10,13,18H2,(H,19,20)/b12-11+. The molecular weight excluding hydrogens is 248 g/mol. The molecule has 0 spiro atoms. The molecule has 1 aromatic carbocycles. The fraction of sp³-hybridized carbons (Fsp3) is 0.471. The van der Waals surface area contributed by atoms with Crippen LogP contribution in [-0.2, 0) is 4.79 Å². The van der Waals surface area contributed by atoms with E-state index in [1.54, 1.807) is 6.08 Å². The van der Waals surface area contributed by atoms with E-state index in [0.717, 1.165) is 5.56 Å². The molecule has 1 amide bonds. The van der Waals surface area contributed by atoms with Crippen LogP contribution in [-0.4, -0.2) is 18.5 Å². The molecule has 3 N–H and O–H groups in total. The fourth-order valence-electron chi connectivity index (χ4n) is 2.87. The molecule has 0 aliphatic heterocycles. The van der Waals surface area contributed by atoms with Crippen molar-refractivity contribution >= 4 is 12.0 Å². The molecule has 0 radical (unpaired) electrons. The van der Waals surface area contributed by atoms with Crippen LogP contribution in [0, 0.1) is 5.92 Å². The molecule has 3 nitrogen and oxygen atoms in total. The number of hydrogen-bond donors (Lipinski definition) is 2. The van der Waals surface area contributed by atoms with Gasteiger partial charge in [-0.15, -0.1) is 0 Å². The Kier molecular flexibility index (Phi) is 5.81. The molecule has 0 aromatic heterocycles. The largest absolute Gasteiger partial charge is 0.348 e. The summed E-state index contributed by atoms with van der Waals surface area (Å²) in [4.78, 5) is 12.0. The van der Waals surface area contributed by atoms with Gasteiger partial charge >= 0.3 is 0 Å². The molecule has 108 valence electrons. The van der Waals surface area contributed by atoms with Gasteiger partial charge in [-0.25, -0.2) is 0 Å². The summed E-state index contributed by atoms with van der Waals surface area (Å²) in [7, 11) is 0. The van der Waals surface area contributed by atoms with Gasteiger partial charge in [0.2, 0.25) is 5.91 Å². The zero-order chi connectivity index (χ0) is 14.2. The van der Waals surface area contributed by atoms with Crippen LogP contribution >= 0.6 is 0 Å². The van der Waals surface area contributed by atoms with Crippen molar-refractivity contribution in [2.45, 2.75) is 38.1 Å². The van der Waals surface area contributed by atoms with E-state index in [1.165, 1.54) is 32.1 Å². The average Bonchev–Trinajstić information content (AvgIpc) is 2.52. The van der Waals surface area contributed by atoms with E-state index in [9.17, 15) is 4.79 Å². The lowest BCUT2D eigenvalue weighted by Gasteiger charge is -2.29. The van der Waals surface area contributed by atoms with E-state index in [2.05, 4.69) is 5.32 Å². The summed E-state index contributed by atoms with van der Waals surface area (Å²) < 4.78 is 0. The first-order valence-electron chi connectivity index (χ1n) is 7.53. The van der Waals surface area contributed by atoms with Crippen molar-refractivity contribution in [1.29, 1.82) is 0 Å². The number of rotatable bonds is 5. The highest BCUT2D eigenvalue weighted by atomic mass is 16.1. The summed E-state index contributed by atoms with van der Waals surface area (Å²) in [6.45, 7) is 0.523. The van der Waals surface area contributed by atoms with Gasteiger partial charge in [0, 0.05) is 18.7 Å². The van der Waals surface area contributed by atoms with Crippen molar-refractivity contribution in [3.05, 3.63) is 42.0 Å². The van der Waals surface area contributed by atoms with Crippen molar-refractivity contribution in [2.75, 3.05) is 6.54 Å². The second-order valence-corrected chi connectivity index (χ2v) is 5.49.